The summed E-state index contributed by atoms with van der Waals surface area (Å²) in [4.78, 5) is 4.81. The van der Waals surface area contributed by atoms with E-state index >= 15 is 0 Å². The lowest BCUT2D eigenvalue weighted by molar-refractivity contribution is 0.549. The molecular weight excluding hydrogens is 246 g/mol. The molecule has 0 radical (unpaired) electrons. The Morgan fingerprint density at radius 1 is 1.20 bits per heavy atom. The van der Waals surface area contributed by atoms with E-state index in [-0.39, 0.29) is 6.04 Å². The fourth-order valence-corrected chi connectivity index (χ4v) is 2.63. The number of hydrogen-bond donors (Lipinski definition) is 1. The van der Waals surface area contributed by atoms with Crippen LogP contribution in [-0.2, 0) is 13.0 Å². The predicted octanol–water partition coefficient (Wildman–Crippen LogP) is 4.20. The quantitative estimate of drug-likeness (QED) is 0.768. The van der Waals surface area contributed by atoms with Gasteiger partial charge in [0.05, 0.1) is 17.1 Å². The van der Waals surface area contributed by atoms with Crippen LogP contribution in [0.25, 0.3) is 11.0 Å². The standard InChI is InChI=1S/C17H27N3/c1-4-7-8-11-20-16-10-9-13(5-2)12-15(16)19-17(20)14(18)6-3/h9-10,12,14H,4-8,11,18H2,1-3H3. The summed E-state index contributed by atoms with van der Waals surface area (Å²) >= 11 is 0. The monoisotopic (exact) mass is 273 g/mol. The molecule has 3 nitrogen and oxygen atoms in total. The number of aryl methyl sites for hydroxylation is 2. The van der Waals surface area contributed by atoms with Crippen molar-refractivity contribution in [2.45, 2.75) is 65.5 Å². The largest absolute Gasteiger partial charge is 0.327 e. The number of unbranched alkanes of at least 4 members (excludes halogenated alkanes) is 2. The molecule has 2 rings (SSSR count). The van der Waals surface area contributed by atoms with E-state index in [2.05, 4.69) is 43.5 Å². The third-order valence-electron chi connectivity index (χ3n) is 4.01. The van der Waals surface area contributed by atoms with Gasteiger partial charge in [0.1, 0.15) is 5.82 Å². The van der Waals surface area contributed by atoms with Gasteiger partial charge in [-0.15, -0.1) is 0 Å². The molecule has 110 valence electrons. The van der Waals surface area contributed by atoms with Gasteiger partial charge < -0.3 is 10.3 Å². The van der Waals surface area contributed by atoms with E-state index in [0.29, 0.717) is 0 Å². The van der Waals surface area contributed by atoms with Crippen molar-refractivity contribution in [1.29, 1.82) is 0 Å². The van der Waals surface area contributed by atoms with E-state index < -0.39 is 0 Å². The summed E-state index contributed by atoms with van der Waals surface area (Å²) in [6.45, 7) is 7.56. The number of imidazole rings is 1. The van der Waals surface area contributed by atoms with Crippen LogP contribution >= 0.6 is 0 Å². The molecule has 0 saturated carbocycles. The van der Waals surface area contributed by atoms with Gasteiger partial charge in [-0.1, -0.05) is 39.7 Å². The fourth-order valence-electron chi connectivity index (χ4n) is 2.63. The van der Waals surface area contributed by atoms with Crippen molar-refractivity contribution in [3.8, 4) is 0 Å². The van der Waals surface area contributed by atoms with Crippen LogP contribution in [-0.4, -0.2) is 9.55 Å². The van der Waals surface area contributed by atoms with Crippen molar-refractivity contribution in [1.82, 2.24) is 9.55 Å². The minimum absolute atomic E-state index is 0.0362. The van der Waals surface area contributed by atoms with Crippen LogP contribution < -0.4 is 5.73 Å². The normalized spacial score (nSPS) is 13.0. The second kappa shape index (κ2) is 6.89. The van der Waals surface area contributed by atoms with Crippen LogP contribution in [0, 0.1) is 0 Å². The molecule has 0 amide bonds. The van der Waals surface area contributed by atoms with Crippen molar-refractivity contribution in [2.75, 3.05) is 0 Å². The lowest BCUT2D eigenvalue weighted by atomic mass is 10.1. The molecule has 20 heavy (non-hydrogen) atoms. The van der Waals surface area contributed by atoms with Crippen molar-refractivity contribution in [2.24, 2.45) is 5.73 Å². The van der Waals surface area contributed by atoms with Crippen LogP contribution in [0.5, 0.6) is 0 Å². The molecule has 2 aromatic rings. The number of hydrogen-bond acceptors (Lipinski definition) is 2. The SMILES string of the molecule is CCCCCn1c(C(N)CC)nc2cc(CC)ccc21. The van der Waals surface area contributed by atoms with E-state index in [1.165, 1.54) is 30.3 Å². The summed E-state index contributed by atoms with van der Waals surface area (Å²) in [7, 11) is 0. The van der Waals surface area contributed by atoms with Crippen molar-refractivity contribution in [3.63, 3.8) is 0 Å². The molecule has 1 heterocycles. The summed E-state index contributed by atoms with van der Waals surface area (Å²) in [5, 5.41) is 0. The summed E-state index contributed by atoms with van der Waals surface area (Å²) in [6, 6.07) is 6.66. The molecule has 0 fully saturated rings. The highest BCUT2D eigenvalue weighted by molar-refractivity contribution is 5.77. The van der Waals surface area contributed by atoms with E-state index in [1.807, 2.05) is 0 Å². The molecule has 0 aliphatic carbocycles. The van der Waals surface area contributed by atoms with E-state index in [0.717, 1.165) is 30.7 Å². The molecule has 0 aliphatic heterocycles. The van der Waals surface area contributed by atoms with E-state index in [1.54, 1.807) is 0 Å². The zero-order valence-electron chi connectivity index (χ0n) is 13.0. The van der Waals surface area contributed by atoms with Gasteiger partial charge in [0.2, 0.25) is 0 Å². The van der Waals surface area contributed by atoms with Crippen LogP contribution in [0.1, 0.15) is 63.9 Å². The number of nitrogens with two attached hydrogens (primary N) is 1. The Bertz CT molecular complexity index is 557. The first-order valence-electron chi connectivity index (χ1n) is 7.95. The Kier molecular flexibility index (Phi) is 5.18. The maximum absolute atomic E-state index is 6.25. The molecule has 2 N–H and O–H groups in total. The maximum atomic E-state index is 6.25. The summed E-state index contributed by atoms with van der Waals surface area (Å²) < 4.78 is 2.33. The zero-order chi connectivity index (χ0) is 14.5. The van der Waals surface area contributed by atoms with Crippen molar-refractivity contribution in [3.05, 3.63) is 29.6 Å². The molecule has 0 aliphatic rings. The molecule has 1 aromatic heterocycles. The summed E-state index contributed by atoms with van der Waals surface area (Å²) in [5.41, 5.74) is 9.92. The first-order valence-corrected chi connectivity index (χ1v) is 7.95. The third kappa shape index (κ3) is 3.04. The molecule has 0 spiro atoms. The summed E-state index contributed by atoms with van der Waals surface area (Å²) in [6.07, 6.45) is 5.67. The van der Waals surface area contributed by atoms with Crippen molar-refractivity contribution < 1.29 is 0 Å². The molecule has 3 heteroatoms. The Morgan fingerprint density at radius 2 is 2.00 bits per heavy atom. The second-order valence-corrected chi connectivity index (χ2v) is 5.52. The number of rotatable bonds is 7. The number of aromatic nitrogens is 2. The first kappa shape index (κ1) is 15.0. The van der Waals surface area contributed by atoms with Gasteiger partial charge in [0.25, 0.3) is 0 Å². The molecule has 0 saturated heterocycles. The Balaban J connectivity index is 2.42. The van der Waals surface area contributed by atoms with Gasteiger partial charge in [0.15, 0.2) is 0 Å². The highest BCUT2D eigenvalue weighted by Crippen LogP contribution is 2.23. The van der Waals surface area contributed by atoms with Crippen LogP contribution in [0.4, 0.5) is 0 Å². The van der Waals surface area contributed by atoms with Gasteiger partial charge in [-0.05, 0) is 37.0 Å². The Hall–Kier alpha value is -1.35. The van der Waals surface area contributed by atoms with Gasteiger partial charge in [-0.2, -0.15) is 0 Å². The molecule has 1 unspecified atom stereocenters. The smallest absolute Gasteiger partial charge is 0.126 e. The number of benzene rings is 1. The molecule has 1 aromatic carbocycles. The van der Waals surface area contributed by atoms with Crippen LogP contribution in [0.3, 0.4) is 0 Å². The minimum Gasteiger partial charge on any atom is -0.327 e. The van der Waals surface area contributed by atoms with E-state index in [4.69, 9.17) is 10.7 Å². The lowest BCUT2D eigenvalue weighted by Gasteiger charge is -2.13. The predicted molar refractivity (Wildman–Crippen MR) is 85.9 cm³/mol. The van der Waals surface area contributed by atoms with Gasteiger partial charge in [-0.25, -0.2) is 4.98 Å². The highest BCUT2D eigenvalue weighted by Gasteiger charge is 2.15. The van der Waals surface area contributed by atoms with Gasteiger partial charge in [-0.3, -0.25) is 0 Å². The molecule has 1 atom stereocenters. The number of fused-ring (bicyclic) bond motifs is 1. The van der Waals surface area contributed by atoms with E-state index in [9.17, 15) is 0 Å². The molecule has 0 bridgehead atoms. The first-order chi connectivity index (χ1) is 9.71. The average molecular weight is 273 g/mol. The van der Waals surface area contributed by atoms with Crippen LogP contribution in [0.15, 0.2) is 18.2 Å². The fraction of sp³-hybridized carbons (Fsp3) is 0.588. The lowest BCUT2D eigenvalue weighted by Crippen LogP contribution is -2.16. The topological polar surface area (TPSA) is 43.8 Å². The minimum atomic E-state index is 0.0362. The average Bonchev–Trinajstić information content (AvgIpc) is 2.84. The number of nitrogens with zero attached hydrogens (tertiary/aromatic N) is 2. The maximum Gasteiger partial charge on any atom is 0.126 e. The Labute approximate surface area is 122 Å². The summed E-state index contributed by atoms with van der Waals surface area (Å²) in [5.74, 6) is 1.05. The highest BCUT2D eigenvalue weighted by atomic mass is 15.1. The Morgan fingerprint density at radius 3 is 2.65 bits per heavy atom. The molecular formula is C17H27N3. The third-order valence-corrected chi connectivity index (χ3v) is 4.01. The van der Waals surface area contributed by atoms with Gasteiger partial charge in [0, 0.05) is 6.54 Å². The van der Waals surface area contributed by atoms with Crippen LogP contribution in [0.2, 0.25) is 0 Å². The van der Waals surface area contributed by atoms with Gasteiger partial charge >= 0.3 is 0 Å². The second-order valence-electron chi connectivity index (χ2n) is 5.52. The zero-order valence-corrected chi connectivity index (χ0v) is 13.0. The van der Waals surface area contributed by atoms with Crippen molar-refractivity contribution >= 4 is 11.0 Å².